The molecule has 0 unspecified atom stereocenters. The zero-order chi connectivity index (χ0) is 50.4. The summed E-state index contributed by atoms with van der Waals surface area (Å²) in [4.78, 5) is 44.5. The number of pyridine rings is 1. The highest BCUT2D eigenvalue weighted by Crippen LogP contribution is 2.33. The van der Waals surface area contributed by atoms with Crippen LogP contribution in [0.5, 0.6) is 0 Å². The number of sulfonamides is 1. The lowest BCUT2D eigenvalue weighted by atomic mass is 10.0. The molecule has 70 heavy (non-hydrogen) atoms. The predicted octanol–water partition coefficient (Wildman–Crippen LogP) is 7.79. The molecule has 0 aliphatic carbocycles. The van der Waals surface area contributed by atoms with Gasteiger partial charge in [0, 0.05) is 67.8 Å². The lowest BCUT2D eigenvalue weighted by molar-refractivity contribution is -0.138. The number of ether oxygens (including phenoxy) is 4. The Hall–Kier alpha value is -6.22. The minimum Gasteiger partial charge on any atom is -0.481 e. The average molecular weight is 992 g/mol. The van der Waals surface area contributed by atoms with Crippen molar-refractivity contribution in [3.8, 4) is 11.3 Å². The van der Waals surface area contributed by atoms with Crippen LogP contribution in [0.1, 0.15) is 69.7 Å². The maximum atomic E-state index is 13.7. The van der Waals surface area contributed by atoms with Crippen LogP contribution in [0.3, 0.4) is 0 Å². The van der Waals surface area contributed by atoms with Gasteiger partial charge in [0.15, 0.2) is 0 Å². The van der Waals surface area contributed by atoms with E-state index in [9.17, 15) is 36.0 Å². The van der Waals surface area contributed by atoms with E-state index in [4.69, 9.17) is 24.1 Å². The van der Waals surface area contributed by atoms with Gasteiger partial charge in [-0.2, -0.15) is 13.2 Å². The highest BCUT2D eigenvalue weighted by Gasteiger charge is 2.30. The Morgan fingerprint density at radius 2 is 1.33 bits per heavy atom. The molecule has 15 nitrogen and oxygen atoms in total. The highest BCUT2D eigenvalue weighted by atomic mass is 32.2. The largest absolute Gasteiger partial charge is 0.481 e. The van der Waals surface area contributed by atoms with E-state index in [-0.39, 0.29) is 49.1 Å². The van der Waals surface area contributed by atoms with E-state index in [1.807, 2.05) is 44.2 Å². The summed E-state index contributed by atoms with van der Waals surface area (Å²) >= 11 is 0. The first kappa shape index (κ1) is 54.7. The summed E-state index contributed by atoms with van der Waals surface area (Å²) in [5.41, 5.74) is 4.27. The zero-order valence-corrected chi connectivity index (χ0v) is 40.1. The summed E-state index contributed by atoms with van der Waals surface area (Å²) < 4.78 is 89.4. The van der Waals surface area contributed by atoms with Gasteiger partial charge in [-0.25, -0.2) is 13.1 Å². The molecule has 0 aliphatic heterocycles. The number of hydrogen-bond acceptors (Lipinski definition) is 11. The fourth-order valence-corrected chi connectivity index (χ4v) is 8.13. The maximum absolute atomic E-state index is 13.7. The van der Waals surface area contributed by atoms with E-state index in [0.29, 0.717) is 87.0 Å². The number of rotatable bonds is 30. The molecule has 0 aliphatic rings. The topological polar surface area (TPSA) is 195 Å². The molecule has 19 heteroatoms. The van der Waals surface area contributed by atoms with Crippen molar-refractivity contribution >= 4 is 39.2 Å². The minimum atomic E-state index is -4.50. The van der Waals surface area contributed by atoms with Gasteiger partial charge in [0.2, 0.25) is 10.0 Å². The van der Waals surface area contributed by atoms with Crippen molar-refractivity contribution in [2.75, 3.05) is 82.7 Å². The van der Waals surface area contributed by atoms with Crippen LogP contribution in [0.4, 0.5) is 24.5 Å². The van der Waals surface area contributed by atoms with Crippen LogP contribution < -0.4 is 20.3 Å². The molecule has 0 bridgehead atoms. The number of alkyl halides is 3. The Bertz CT molecular complexity index is 2580. The van der Waals surface area contributed by atoms with E-state index in [1.165, 1.54) is 36.5 Å². The minimum absolute atomic E-state index is 0.0298. The number of carbonyl (C=O) groups excluding carboxylic acids is 2. The monoisotopic (exact) mass is 991 g/mol. The first-order chi connectivity index (χ1) is 33.7. The summed E-state index contributed by atoms with van der Waals surface area (Å²) in [5.74, 6) is -1.75. The molecule has 0 saturated carbocycles. The van der Waals surface area contributed by atoms with Gasteiger partial charge in [0.25, 0.3) is 11.8 Å². The Labute approximate surface area is 406 Å². The summed E-state index contributed by atoms with van der Waals surface area (Å²) in [6.07, 6.45) is -1.35. The number of aromatic nitrogens is 1. The van der Waals surface area contributed by atoms with Crippen LogP contribution >= 0.6 is 0 Å². The van der Waals surface area contributed by atoms with Gasteiger partial charge >= 0.3 is 12.1 Å². The molecule has 0 spiro atoms. The number of nitrogens with one attached hydrogen (secondary N) is 3. The van der Waals surface area contributed by atoms with Crippen LogP contribution in [-0.2, 0) is 59.3 Å². The van der Waals surface area contributed by atoms with E-state index in [1.54, 1.807) is 30.3 Å². The van der Waals surface area contributed by atoms with E-state index < -0.39 is 33.6 Å². The second-order valence-electron chi connectivity index (χ2n) is 15.9. The number of aryl methyl sites for hydroxylation is 2. The zero-order valence-electron chi connectivity index (χ0n) is 39.3. The van der Waals surface area contributed by atoms with Crippen molar-refractivity contribution in [3.63, 3.8) is 0 Å². The number of hydrogen-bond donors (Lipinski definition) is 4. The second-order valence-corrected chi connectivity index (χ2v) is 17.6. The normalized spacial score (nSPS) is 11.6. The summed E-state index contributed by atoms with van der Waals surface area (Å²) in [5, 5.41) is 14.5. The molecular formula is C51H60F3N5O10S. The molecule has 376 valence electrons. The lowest BCUT2D eigenvalue weighted by Crippen LogP contribution is -2.28. The summed E-state index contributed by atoms with van der Waals surface area (Å²) in [6.45, 7) is 8.23. The number of anilines is 2. The molecule has 4 N–H and O–H groups in total. The number of nitrogens with zero attached hydrogens (tertiary/aromatic N) is 2. The van der Waals surface area contributed by atoms with Gasteiger partial charge in [0.1, 0.15) is 0 Å². The first-order valence-electron chi connectivity index (χ1n) is 23.0. The molecule has 4 aromatic carbocycles. The third-order valence-corrected chi connectivity index (χ3v) is 12.3. The van der Waals surface area contributed by atoms with Crippen LogP contribution in [0.15, 0.2) is 114 Å². The first-order valence-corrected chi connectivity index (χ1v) is 24.5. The van der Waals surface area contributed by atoms with Gasteiger partial charge in [0.05, 0.1) is 68.1 Å². The van der Waals surface area contributed by atoms with E-state index in [0.717, 1.165) is 42.0 Å². The van der Waals surface area contributed by atoms with E-state index in [2.05, 4.69) is 25.2 Å². The number of amides is 2. The number of benzene rings is 4. The maximum Gasteiger partial charge on any atom is 0.416 e. The fourth-order valence-electron chi connectivity index (χ4n) is 7.12. The molecule has 0 fully saturated rings. The van der Waals surface area contributed by atoms with E-state index >= 15 is 0 Å². The van der Waals surface area contributed by atoms with Crippen molar-refractivity contribution in [2.45, 2.75) is 57.1 Å². The van der Waals surface area contributed by atoms with Crippen molar-refractivity contribution < 1.29 is 60.0 Å². The molecule has 5 rings (SSSR count). The van der Waals surface area contributed by atoms with Crippen molar-refractivity contribution in [1.82, 2.24) is 15.0 Å². The van der Waals surface area contributed by atoms with Crippen LogP contribution in [0.2, 0.25) is 0 Å². The predicted molar refractivity (Wildman–Crippen MR) is 259 cm³/mol. The molecule has 2 amide bonds. The second kappa shape index (κ2) is 27.8. The summed E-state index contributed by atoms with van der Waals surface area (Å²) in [7, 11) is -3.72. The smallest absolute Gasteiger partial charge is 0.416 e. The number of aliphatic carboxylic acids is 1. The molecular weight excluding hydrogens is 932 g/mol. The third kappa shape index (κ3) is 17.9. The van der Waals surface area contributed by atoms with Crippen LogP contribution in [0.25, 0.3) is 11.3 Å². The SMILES string of the molecule is CCN(CC)c1ccc(NC(=O)c2cccc(CCCOCCOCCOCCOCCNS(=O)(=O)c3ccc(CCC(=O)O)cc3)c2)c(-c2cc(C(=O)NCc3cccc(C(F)(F)F)c3)ccn2)c1. The Balaban J connectivity index is 0.997. The average Bonchev–Trinajstić information content (AvgIpc) is 3.35. The number of carboxylic acids is 1. The van der Waals surface area contributed by atoms with Crippen LogP contribution in [0, 0.1) is 0 Å². The standard InChI is InChI=1S/C51H60F3N5O10S/c1-3-59(4-2)43-16-19-46(45(35-43)47-34-41(21-22-55-47)49(62)56-36-39-9-6-12-42(33-39)51(52,53)54)58-50(63)40-11-5-8-38(32-40)10-7-24-66-26-28-68-30-31-69-29-27-67-25-23-57-70(64,65)44-17-13-37(14-18-44)15-20-48(60)61/h5-6,8-9,11-14,16-19,21-22,32-35,57H,3-4,7,10,15,20,23-31,36H2,1-2H3,(H,56,62)(H,58,63)(H,60,61). The molecule has 1 heterocycles. The Morgan fingerprint density at radius 1 is 0.686 bits per heavy atom. The summed E-state index contributed by atoms with van der Waals surface area (Å²) in [6, 6.07) is 26.9. The number of carbonyl (C=O) groups is 3. The van der Waals surface area contributed by atoms with Gasteiger partial charge in [-0.05, 0) is 117 Å². The Morgan fingerprint density at radius 3 is 2.00 bits per heavy atom. The highest BCUT2D eigenvalue weighted by molar-refractivity contribution is 7.89. The molecule has 0 atom stereocenters. The molecule has 1 aromatic heterocycles. The van der Waals surface area contributed by atoms with Gasteiger partial charge < -0.3 is 39.6 Å². The van der Waals surface area contributed by atoms with Gasteiger partial charge in [-0.15, -0.1) is 0 Å². The molecule has 0 saturated heterocycles. The molecule has 5 aromatic rings. The third-order valence-electron chi connectivity index (χ3n) is 10.8. The molecule has 0 radical (unpaired) electrons. The van der Waals surface area contributed by atoms with Crippen molar-refractivity contribution in [1.29, 1.82) is 0 Å². The van der Waals surface area contributed by atoms with Crippen LogP contribution in [-0.4, -0.2) is 109 Å². The lowest BCUT2D eigenvalue weighted by Gasteiger charge is -2.23. The number of carboxylic acid groups (broad SMARTS) is 1. The number of halogens is 3. The fraction of sp³-hybridized carbons (Fsp3) is 0.373. The van der Waals surface area contributed by atoms with Crippen molar-refractivity contribution in [2.24, 2.45) is 0 Å². The quantitative estimate of drug-likeness (QED) is 0.0327. The Kier molecular flexibility index (Phi) is 21.8. The van der Waals surface area contributed by atoms with Gasteiger partial charge in [-0.1, -0.05) is 36.4 Å². The van der Waals surface area contributed by atoms with Gasteiger partial charge in [-0.3, -0.25) is 19.4 Å². The van der Waals surface area contributed by atoms with Crippen molar-refractivity contribution in [3.05, 3.63) is 143 Å².